The van der Waals surface area contributed by atoms with Gasteiger partial charge in [-0.05, 0) is 43.5 Å². The number of ether oxygens (including phenoxy) is 1. The van der Waals surface area contributed by atoms with Gasteiger partial charge in [0.05, 0.1) is 0 Å². The lowest BCUT2D eigenvalue weighted by Gasteiger charge is -2.24. The van der Waals surface area contributed by atoms with E-state index in [-0.39, 0.29) is 30.7 Å². The van der Waals surface area contributed by atoms with Crippen LogP contribution in [0.1, 0.15) is 19.3 Å². The molecule has 0 aromatic heterocycles. The van der Waals surface area contributed by atoms with Crippen molar-refractivity contribution in [1.29, 1.82) is 0 Å². The van der Waals surface area contributed by atoms with Crippen molar-refractivity contribution in [3.8, 4) is 5.75 Å². The molecule has 1 aromatic rings. The van der Waals surface area contributed by atoms with Crippen LogP contribution >= 0.6 is 12.4 Å². The molecule has 0 radical (unpaired) electrons. The molecule has 2 atom stereocenters. The summed E-state index contributed by atoms with van der Waals surface area (Å²) in [4.78, 5) is 14.0. The second kappa shape index (κ2) is 7.09. The number of hydrogen-bond donors (Lipinski definition) is 1. The summed E-state index contributed by atoms with van der Waals surface area (Å²) in [6.07, 6.45) is 3.38. The van der Waals surface area contributed by atoms with Gasteiger partial charge in [0.1, 0.15) is 11.6 Å². The highest BCUT2D eigenvalue weighted by Crippen LogP contribution is 2.20. The lowest BCUT2D eigenvalue weighted by molar-refractivity contribution is -0.133. The monoisotopic (exact) mass is 314 g/mol. The van der Waals surface area contributed by atoms with Crippen LogP contribution in [0.15, 0.2) is 24.3 Å². The molecule has 0 spiro atoms. The first-order chi connectivity index (χ1) is 9.70. The van der Waals surface area contributed by atoms with E-state index in [0.29, 0.717) is 17.8 Å². The van der Waals surface area contributed by atoms with E-state index in [2.05, 4.69) is 5.32 Å². The summed E-state index contributed by atoms with van der Waals surface area (Å²) in [7, 11) is 0. The summed E-state index contributed by atoms with van der Waals surface area (Å²) in [5.74, 6) is 0.219. The van der Waals surface area contributed by atoms with Gasteiger partial charge in [-0.25, -0.2) is 4.39 Å². The second-order valence-electron chi connectivity index (χ2n) is 5.51. The predicted octanol–water partition coefficient (Wildman–Crippen LogP) is 1.98. The third-order valence-electron chi connectivity index (χ3n) is 4.05. The molecule has 2 bridgehead atoms. The minimum absolute atomic E-state index is 0. The lowest BCUT2D eigenvalue weighted by atomic mass is 10.1. The van der Waals surface area contributed by atoms with Gasteiger partial charge >= 0.3 is 0 Å². The zero-order valence-electron chi connectivity index (χ0n) is 11.8. The zero-order chi connectivity index (χ0) is 13.9. The molecule has 2 heterocycles. The Balaban J connectivity index is 0.00000161. The molecule has 2 unspecified atom stereocenters. The van der Waals surface area contributed by atoms with Crippen LogP contribution in [0.5, 0.6) is 5.75 Å². The van der Waals surface area contributed by atoms with Gasteiger partial charge in [-0.2, -0.15) is 0 Å². The molecule has 116 valence electrons. The standard InChI is InChI=1S/C15H19FN2O2.ClH/c16-11-1-5-14(6-2-11)20-10-15(19)18-8-7-12-3-4-13(9-18)17-12;/h1-2,5-6,12-13,17H,3-4,7-10H2;1H. The van der Waals surface area contributed by atoms with E-state index < -0.39 is 0 Å². The number of nitrogens with zero attached hydrogens (tertiary/aromatic N) is 1. The van der Waals surface area contributed by atoms with Crippen molar-refractivity contribution in [3.05, 3.63) is 30.1 Å². The molecule has 2 aliphatic heterocycles. The van der Waals surface area contributed by atoms with Gasteiger partial charge in [-0.1, -0.05) is 0 Å². The Kier molecular flexibility index (Phi) is 5.42. The maximum absolute atomic E-state index is 12.8. The average Bonchev–Trinajstić information content (AvgIpc) is 2.77. The largest absolute Gasteiger partial charge is 0.484 e. The van der Waals surface area contributed by atoms with E-state index in [9.17, 15) is 9.18 Å². The van der Waals surface area contributed by atoms with Crippen molar-refractivity contribution in [2.75, 3.05) is 19.7 Å². The SMILES string of the molecule is Cl.O=C(COc1ccc(F)cc1)N1CCC2CCC(C1)N2. The minimum atomic E-state index is -0.307. The fraction of sp³-hybridized carbons (Fsp3) is 0.533. The van der Waals surface area contributed by atoms with Crippen LogP contribution in [0, 0.1) is 5.82 Å². The van der Waals surface area contributed by atoms with E-state index in [1.165, 1.54) is 30.7 Å². The van der Waals surface area contributed by atoms with Crippen molar-refractivity contribution in [2.24, 2.45) is 0 Å². The Labute approximate surface area is 130 Å². The molecule has 0 saturated carbocycles. The van der Waals surface area contributed by atoms with Crippen LogP contribution in [0.4, 0.5) is 4.39 Å². The molecule has 2 saturated heterocycles. The second-order valence-corrected chi connectivity index (χ2v) is 5.51. The summed E-state index contributed by atoms with van der Waals surface area (Å²) in [5.41, 5.74) is 0. The highest BCUT2D eigenvalue weighted by molar-refractivity contribution is 5.85. The molecule has 3 rings (SSSR count). The van der Waals surface area contributed by atoms with Gasteiger partial charge < -0.3 is 15.0 Å². The smallest absolute Gasteiger partial charge is 0.260 e. The number of rotatable bonds is 3. The van der Waals surface area contributed by atoms with Crippen molar-refractivity contribution in [2.45, 2.75) is 31.3 Å². The number of benzene rings is 1. The van der Waals surface area contributed by atoms with E-state index in [1.807, 2.05) is 4.90 Å². The molecule has 2 aliphatic rings. The summed E-state index contributed by atoms with van der Waals surface area (Å²) >= 11 is 0. The van der Waals surface area contributed by atoms with Crippen LogP contribution in [0.3, 0.4) is 0 Å². The van der Waals surface area contributed by atoms with Gasteiger partial charge in [-0.15, -0.1) is 12.4 Å². The summed E-state index contributed by atoms with van der Waals surface area (Å²) in [6, 6.07) is 6.72. The van der Waals surface area contributed by atoms with Gasteiger partial charge in [0.25, 0.3) is 5.91 Å². The molecular weight excluding hydrogens is 295 g/mol. The number of hydrogen-bond acceptors (Lipinski definition) is 3. The van der Waals surface area contributed by atoms with Crippen LogP contribution in [0.2, 0.25) is 0 Å². The van der Waals surface area contributed by atoms with Crippen molar-refractivity contribution in [1.82, 2.24) is 10.2 Å². The van der Waals surface area contributed by atoms with Crippen molar-refractivity contribution in [3.63, 3.8) is 0 Å². The maximum atomic E-state index is 12.8. The van der Waals surface area contributed by atoms with Crippen LogP contribution < -0.4 is 10.1 Å². The van der Waals surface area contributed by atoms with Crippen LogP contribution in [-0.4, -0.2) is 42.6 Å². The Bertz CT molecular complexity index is 483. The normalized spacial score (nSPS) is 24.1. The van der Waals surface area contributed by atoms with E-state index in [4.69, 9.17) is 4.74 Å². The third kappa shape index (κ3) is 4.08. The highest BCUT2D eigenvalue weighted by Gasteiger charge is 2.31. The van der Waals surface area contributed by atoms with Crippen molar-refractivity contribution >= 4 is 18.3 Å². The molecule has 6 heteroatoms. The lowest BCUT2D eigenvalue weighted by Crippen LogP contribution is -2.41. The van der Waals surface area contributed by atoms with E-state index in [1.54, 1.807) is 0 Å². The third-order valence-corrected chi connectivity index (χ3v) is 4.05. The zero-order valence-corrected chi connectivity index (χ0v) is 12.6. The first-order valence-electron chi connectivity index (χ1n) is 7.13. The van der Waals surface area contributed by atoms with E-state index >= 15 is 0 Å². The Morgan fingerprint density at radius 1 is 1.24 bits per heavy atom. The van der Waals surface area contributed by atoms with Gasteiger partial charge in [0.15, 0.2) is 6.61 Å². The number of nitrogens with one attached hydrogen (secondary N) is 1. The Hall–Kier alpha value is -1.33. The molecular formula is C15H20ClFN2O2. The van der Waals surface area contributed by atoms with Crippen LogP contribution in [0.25, 0.3) is 0 Å². The first-order valence-corrected chi connectivity index (χ1v) is 7.13. The van der Waals surface area contributed by atoms with E-state index in [0.717, 1.165) is 25.9 Å². The fourth-order valence-electron chi connectivity index (χ4n) is 2.94. The molecule has 2 fully saturated rings. The average molecular weight is 315 g/mol. The van der Waals surface area contributed by atoms with Crippen LogP contribution in [-0.2, 0) is 4.79 Å². The molecule has 1 amide bonds. The minimum Gasteiger partial charge on any atom is -0.484 e. The number of amides is 1. The Morgan fingerprint density at radius 3 is 2.71 bits per heavy atom. The van der Waals surface area contributed by atoms with Gasteiger partial charge in [-0.3, -0.25) is 4.79 Å². The topological polar surface area (TPSA) is 41.6 Å². The summed E-state index contributed by atoms with van der Waals surface area (Å²) < 4.78 is 18.2. The highest BCUT2D eigenvalue weighted by atomic mass is 35.5. The quantitative estimate of drug-likeness (QED) is 0.927. The molecule has 1 N–H and O–H groups in total. The molecule has 0 aliphatic carbocycles. The van der Waals surface area contributed by atoms with Gasteiger partial charge in [0, 0.05) is 25.2 Å². The summed E-state index contributed by atoms with van der Waals surface area (Å²) in [5, 5.41) is 3.54. The number of likely N-dealkylation sites (tertiary alicyclic amines) is 1. The fourth-order valence-corrected chi connectivity index (χ4v) is 2.94. The molecule has 1 aromatic carbocycles. The number of fused-ring (bicyclic) bond motifs is 2. The molecule has 4 nitrogen and oxygen atoms in total. The van der Waals surface area contributed by atoms with Gasteiger partial charge in [0.2, 0.25) is 0 Å². The molecule has 21 heavy (non-hydrogen) atoms. The number of carbonyl (C=O) groups is 1. The van der Waals surface area contributed by atoms with Crippen molar-refractivity contribution < 1.29 is 13.9 Å². The predicted molar refractivity (Wildman–Crippen MR) is 80.3 cm³/mol. The Morgan fingerprint density at radius 2 is 1.95 bits per heavy atom. The maximum Gasteiger partial charge on any atom is 0.260 e. The number of halogens is 2. The summed E-state index contributed by atoms with van der Waals surface area (Å²) in [6.45, 7) is 1.57. The number of carbonyl (C=O) groups excluding carboxylic acids is 1. The first kappa shape index (κ1) is 16.0.